The minimum Gasteiger partial charge on any atom is -0.369 e. The van der Waals surface area contributed by atoms with Gasteiger partial charge in [0.2, 0.25) is 0 Å². The molecule has 1 saturated heterocycles. The Morgan fingerprint density at radius 2 is 1.90 bits per heavy atom. The zero-order chi connectivity index (χ0) is 15.2. The van der Waals surface area contributed by atoms with Crippen molar-refractivity contribution in [3.8, 4) is 0 Å². The fourth-order valence-corrected chi connectivity index (χ4v) is 3.10. The van der Waals surface area contributed by atoms with E-state index in [2.05, 4.69) is 35.9 Å². The van der Waals surface area contributed by atoms with Crippen molar-refractivity contribution < 1.29 is 4.39 Å². The van der Waals surface area contributed by atoms with E-state index < -0.39 is 0 Å². The molecule has 1 fully saturated rings. The van der Waals surface area contributed by atoms with E-state index in [1.54, 1.807) is 12.1 Å². The Morgan fingerprint density at radius 3 is 2.52 bits per heavy atom. The Morgan fingerprint density at radius 1 is 1.19 bits per heavy atom. The summed E-state index contributed by atoms with van der Waals surface area (Å²) in [6, 6.07) is 5.37. The lowest BCUT2D eigenvalue weighted by Gasteiger charge is -2.37. The van der Waals surface area contributed by atoms with Gasteiger partial charge in [0.25, 0.3) is 0 Å². The second-order valence-electron chi connectivity index (χ2n) is 5.81. The van der Waals surface area contributed by atoms with Crippen molar-refractivity contribution in [1.29, 1.82) is 0 Å². The van der Waals surface area contributed by atoms with Crippen molar-refractivity contribution in [2.75, 3.05) is 44.2 Å². The predicted octanol–water partition coefficient (Wildman–Crippen LogP) is 3.03. The second kappa shape index (κ2) is 7.76. The number of nitrogens with one attached hydrogen (secondary N) is 1. The van der Waals surface area contributed by atoms with Crippen LogP contribution in [0.5, 0.6) is 0 Å². The molecule has 0 aromatic heterocycles. The first-order valence-electron chi connectivity index (χ1n) is 8.15. The summed E-state index contributed by atoms with van der Waals surface area (Å²) in [6.07, 6.45) is 1.21. The van der Waals surface area contributed by atoms with Gasteiger partial charge in [-0.3, -0.25) is 4.90 Å². The van der Waals surface area contributed by atoms with Crippen LogP contribution in [0.15, 0.2) is 18.2 Å². The van der Waals surface area contributed by atoms with Crippen LogP contribution in [0.3, 0.4) is 0 Å². The van der Waals surface area contributed by atoms with Crippen LogP contribution >= 0.6 is 0 Å². The zero-order valence-corrected chi connectivity index (χ0v) is 13.5. The third-order valence-corrected chi connectivity index (χ3v) is 4.22. The summed E-state index contributed by atoms with van der Waals surface area (Å²) >= 11 is 0. The fraction of sp³-hybridized carbons (Fsp3) is 0.647. The summed E-state index contributed by atoms with van der Waals surface area (Å²) in [7, 11) is 0. The van der Waals surface area contributed by atoms with Crippen LogP contribution in [-0.2, 0) is 0 Å². The molecular weight excluding hydrogens is 265 g/mol. The van der Waals surface area contributed by atoms with Crippen LogP contribution in [0.4, 0.5) is 10.1 Å². The highest BCUT2D eigenvalue weighted by atomic mass is 19.1. The Balaban J connectivity index is 2.12. The maximum Gasteiger partial charge on any atom is 0.123 e. The number of benzene rings is 1. The van der Waals surface area contributed by atoms with Crippen molar-refractivity contribution >= 4 is 5.69 Å². The van der Waals surface area contributed by atoms with Gasteiger partial charge in [-0.2, -0.15) is 0 Å². The SMILES string of the molecule is CCCN1CCN(c2ccc(F)cc2C(C)NCC)CC1. The summed E-state index contributed by atoms with van der Waals surface area (Å²) in [5.74, 6) is -0.150. The van der Waals surface area contributed by atoms with Crippen molar-refractivity contribution in [3.63, 3.8) is 0 Å². The molecule has 21 heavy (non-hydrogen) atoms. The minimum absolute atomic E-state index is 0.150. The molecule has 0 saturated carbocycles. The monoisotopic (exact) mass is 293 g/mol. The Hall–Kier alpha value is -1.13. The van der Waals surface area contributed by atoms with Crippen LogP contribution in [0.25, 0.3) is 0 Å². The summed E-state index contributed by atoms with van der Waals surface area (Å²) in [4.78, 5) is 4.90. The molecule has 0 radical (unpaired) electrons. The fourth-order valence-electron chi connectivity index (χ4n) is 3.10. The third kappa shape index (κ3) is 4.17. The standard InChI is InChI=1S/C17H28FN3/c1-4-8-20-9-11-21(12-10-20)17-7-6-15(18)13-16(17)14(3)19-5-2/h6-7,13-14,19H,4-5,8-12H2,1-3H3. The molecule has 1 N–H and O–H groups in total. The summed E-state index contributed by atoms with van der Waals surface area (Å²) in [5.41, 5.74) is 2.25. The van der Waals surface area contributed by atoms with Crippen LogP contribution in [0.2, 0.25) is 0 Å². The van der Waals surface area contributed by atoms with E-state index in [4.69, 9.17) is 0 Å². The van der Waals surface area contributed by atoms with E-state index in [1.807, 2.05) is 6.07 Å². The molecule has 0 aliphatic carbocycles. The molecule has 118 valence electrons. The van der Waals surface area contributed by atoms with Gasteiger partial charge in [0.05, 0.1) is 0 Å². The van der Waals surface area contributed by atoms with E-state index in [0.29, 0.717) is 0 Å². The molecule has 1 aromatic carbocycles. The molecule has 3 nitrogen and oxygen atoms in total. The van der Waals surface area contributed by atoms with Crippen LogP contribution in [-0.4, -0.2) is 44.2 Å². The summed E-state index contributed by atoms with van der Waals surface area (Å²) in [6.45, 7) is 12.7. The first-order valence-corrected chi connectivity index (χ1v) is 8.15. The molecule has 1 aliphatic rings. The van der Waals surface area contributed by atoms with Gasteiger partial charge in [-0.25, -0.2) is 4.39 Å². The number of halogens is 1. The lowest BCUT2D eigenvalue weighted by molar-refractivity contribution is 0.258. The molecule has 1 aromatic rings. The first-order chi connectivity index (χ1) is 10.2. The highest BCUT2D eigenvalue weighted by Crippen LogP contribution is 2.28. The lowest BCUT2D eigenvalue weighted by atomic mass is 10.0. The van der Waals surface area contributed by atoms with E-state index in [9.17, 15) is 4.39 Å². The number of piperazine rings is 1. The van der Waals surface area contributed by atoms with Crippen molar-refractivity contribution in [1.82, 2.24) is 10.2 Å². The smallest absolute Gasteiger partial charge is 0.123 e. The summed E-state index contributed by atoms with van der Waals surface area (Å²) < 4.78 is 13.6. The maximum absolute atomic E-state index is 13.6. The van der Waals surface area contributed by atoms with E-state index in [1.165, 1.54) is 18.7 Å². The van der Waals surface area contributed by atoms with Crippen molar-refractivity contribution in [2.45, 2.75) is 33.2 Å². The number of hydrogen-bond acceptors (Lipinski definition) is 3. The van der Waals surface area contributed by atoms with Gasteiger partial charge in [0, 0.05) is 37.9 Å². The van der Waals surface area contributed by atoms with Gasteiger partial charge < -0.3 is 10.2 Å². The minimum atomic E-state index is -0.150. The molecule has 1 unspecified atom stereocenters. The highest BCUT2D eigenvalue weighted by molar-refractivity contribution is 5.55. The van der Waals surface area contributed by atoms with Crippen LogP contribution in [0, 0.1) is 5.82 Å². The number of anilines is 1. The topological polar surface area (TPSA) is 18.5 Å². The van der Waals surface area contributed by atoms with Crippen LogP contribution < -0.4 is 10.2 Å². The first kappa shape index (κ1) is 16.2. The quantitative estimate of drug-likeness (QED) is 0.870. The van der Waals surface area contributed by atoms with Crippen molar-refractivity contribution in [3.05, 3.63) is 29.6 Å². The van der Waals surface area contributed by atoms with Gasteiger partial charge in [-0.15, -0.1) is 0 Å². The summed E-state index contributed by atoms with van der Waals surface area (Å²) in [5, 5.41) is 3.39. The van der Waals surface area contributed by atoms with Crippen LogP contribution in [0.1, 0.15) is 38.8 Å². The van der Waals surface area contributed by atoms with Gasteiger partial charge in [0.15, 0.2) is 0 Å². The average Bonchev–Trinajstić information content (AvgIpc) is 2.49. The van der Waals surface area contributed by atoms with E-state index in [0.717, 1.165) is 38.3 Å². The largest absolute Gasteiger partial charge is 0.369 e. The third-order valence-electron chi connectivity index (χ3n) is 4.22. The van der Waals surface area contributed by atoms with Crippen molar-refractivity contribution in [2.24, 2.45) is 0 Å². The van der Waals surface area contributed by atoms with E-state index in [-0.39, 0.29) is 11.9 Å². The Labute approximate surface area is 128 Å². The zero-order valence-electron chi connectivity index (χ0n) is 13.5. The normalized spacial score (nSPS) is 18.0. The highest BCUT2D eigenvalue weighted by Gasteiger charge is 2.20. The molecule has 0 spiro atoms. The number of hydrogen-bond donors (Lipinski definition) is 1. The van der Waals surface area contributed by atoms with Gasteiger partial charge in [0.1, 0.15) is 5.82 Å². The van der Waals surface area contributed by atoms with Gasteiger partial charge in [-0.05, 0) is 50.2 Å². The molecule has 1 heterocycles. The maximum atomic E-state index is 13.6. The average molecular weight is 293 g/mol. The molecule has 4 heteroatoms. The number of nitrogens with zero attached hydrogens (tertiary/aromatic N) is 2. The van der Waals surface area contributed by atoms with E-state index >= 15 is 0 Å². The molecule has 2 rings (SSSR count). The molecule has 1 aliphatic heterocycles. The van der Waals surface area contributed by atoms with Gasteiger partial charge >= 0.3 is 0 Å². The van der Waals surface area contributed by atoms with Gasteiger partial charge in [-0.1, -0.05) is 13.8 Å². The number of rotatable bonds is 6. The molecule has 0 amide bonds. The Kier molecular flexibility index (Phi) is 6.00. The second-order valence-corrected chi connectivity index (χ2v) is 5.81. The Bertz CT molecular complexity index is 442. The molecular formula is C17H28FN3. The molecule has 1 atom stereocenters. The lowest BCUT2D eigenvalue weighted by Crippen LogP contribution is -2.47. The molecule has 0 bridgehead atoms. The predicted molar refractivity (Wildman–Crippen MR) is 87.4 cm³/mol.